The summed E-state index contributed by atoms with van der Waals surface area (Å²) in [7, 11) is -3.53. The minimum absolute atomic E-state index is 0.0489. The van der Waals surface area contributed by atoms with Crippen LogP contribution in [-0.2, 0) is 14.8 Å². The van der Waals surface area contributed by atoms with E-state index in [1.165, 1.54) is 12.1 Å². The van der Waals surface area contributed by atoms with Crippen molar-refractivity contribution in [3.8, 4) is 0 Å². The fourth-order valence-electron chi connectivity index (χ4n) is 1.63. The van der Waals surface area contributed by atoms with Crippen LogP contribution in [0.4, 0.5) is 20.6 Å². The van der Waals surface area contributed by atoms with Crippen molar-refractivity contribution >= 4 is 33.4 Å². The molecule has 8 nitrogen and oxygen atoms in total. The summed E-state index contributed by atoms with van der Waals surface area (Å²) in [4.78, 5) is 21.8. The van der Waals surface area contributed by atoms with Crippen LogP contribution in [0.25, 0.3) is 0 Å². The molecule has 10 heteroatoms. The second-order valence-electron chi connectivity index (χ2n) is 4.64. The molecule has 23 heavy (non-hydrogen) atoms. The highest BCUT2D eigenvalue weighted by atomic mass is 32.2. The van der Waals surface area contributed by atoms with Crippen LogP contribution in [0.1, 0.15) is 19.8 Å². The second-order valence-corrected chi connectivity index (χ2v) is 6.48. The number of aliphatic carboxylic acids is 1. The third kappa shape index (κ3) is 6.96. The minimum atomic E-state index is -3.53. The van der Waals surface area contributed by atoms with Crippen molar-refractivity contribution in [2.45, 2.75) is 19.8 Å². The van der Waals surface area contributed by atoms with Gasteiger partial charge in [0.05, 0.1) is 23.5 Å². The molecule has 0 saturated heterocycles. The lowest BCUT2D eigenvalue weighted by molar-refractivity contribution is -0.136. The molecule has 0 aliphatic carbocycles. The van der Waals surface area contributed by atoms with Gasteiger partial charge in [-0.25, -0.2) is 17.6 Å². The first-order chi connectivity index (χ1) is 10.7. The van der Waals surface area contributed by atoms with Gasteiger partial charge in [-0.15, -0.1) is 0 Å². The zero-order valence-corrected chi connectivity index (χ0v) is 13.2. The fraction of sp³-hybridized carbons (Fsp3) is 0.385. The van der Waals surface area contributed by atoms with Crippen LogP contribution in [0.15, 0.2) is 18.2 Å². The summed E-state index contributed by atoms with van der Waals surface area (Å²) in [5, 5.41) is 12.9. The van der Waals surface area contributed by atoms with E-state index >= 15 is 0 Å². The van der Waals surface area contributed by atoms with Gasteiger partial charge in [-0.1, -0.05) is 6.92 Å². The minimum Gasteiger partial charge on any atom is -0.481 e. The number of anilines is 2. The quantitative estimate of drug-likeness (QED) is 0.568. The van der Waals surface area contributed by atoms with Crippen molar-refractivity contribution < 1.29 is 27.5 Å². The van der Waals surface area contributed by atoms with E-state index in [1.54, 1.807) is 6.92 Å². The lowest BCUT2D eigenvalue weighted by atomic mass is 10.3. The monoisotopic (exact) mass is 347 g/mol. The zero-order chi connectivity index (χ0) is 17.5. The smallest absolute Gasteiger partial charge is 0.319 e. The number of urea groups is 1. The van der Waals surface area contributed by atoms with Gasteiger partial charge in [-0.3, -0.25) is 9.52 Å². The number of nitrogens with one attached hydrogen (secondary N) is 3. The Morgan fingerprint density at radius 3 is 2.57 bits per heavy atom. The second kappa shape index (κ2) is 8.32. The van der Waals surface area contributed by atoms with Crippen molar-refractivity contribution in [1.82, 2.24) is 5.32 Å². The van der Waals surface area contributed by atoms with Crippen LogP contribution in [0.5, 0.6) is 0 Å². The summed E-state index contributed by atoms with van der Waals surface area (Å²) in [6, 6.07) is 2.70. The highest BCUT2D eigenvalue weighted by molar-refractivity contribution is 7.92. The third-order valence-corrected chi connectivity index (χ3v) is 4.08. The van der Waals surface area contributed by atoms with Gasteiger partial charge in [0.2, 0.25) is 10.0 Å². The molecule has 0 aromatic heterocycles. The molecule has 4 N–H and O–H groups in total. The number of carboxylic acid groups (broad SMARTS) is 1. The molecule has 1 rings (SSSR count). The molecule has 128 valence electrons. The third-order valence-electron chi connectivity index (χ3n) is 2.59. The van der Waals surface area contributed by atoms with E-state index in [9.17, 15) is 22.4 Å². The Morgan fingerprint density at radius 2 is 2.00 bits per heavy atom. The molecule has 0 fully saturated rings. The van der Waals surface area contributed by atoms with Gasteiger partial charge in [-0.2, -0.15) is 0 Å². The van der Waals surface area contributed by atoms with Crippen LogP contribution in [0.2, 0.25) is 0 Å². The van der Waals surface area contributed by atoms with Gasteiger partial charge in [0.25, 0.3) is 0 Å². The summed E-state index contributed by atoms with van der Waals surface area (Å²) >= 11 is 0. The summed E-state index contributed by atoms with van der Waals surface area (Å²) in [5.41, 5.74) is -0.107. The maximum Gasteiger partial charge on any atom is 0.319 e. The molecule has 0 atom stereocenters. The van der Waals surface area contributed by atoms with E-state index in [0.717, 1.165) is 6.07 Å². The maximum atomic E-state index is 13.9. The molecule has 0 radical (unpaired) electrons. The van der Waals surface area contributed by atoms with E-state index in [2.05, 4.69) is 15.4 Å². The van der Waals surface area contributed by atoms with Gasteiger partial charge < -0.3 is 15.7 Å². The molecule has 0 unspecified atom stereocenters. The summed E-state index contributed by atoms with van der Waals surface area (Å²) in [5.74, 6) is -1.98. The molecule has 1 aromatic rings. The fourth-order valence-corrected chi connectivity index (χ4v) is 2.75. The maximum absolute atomic E-state index is 13.9. The first kappa shape index (κ1) is 18.7. The number of rotatable bonds is 8. The Morgan fingerprint density at radius 1 is 1.30 bits per heavy atom. The van der Waals surface area contributed by atoms with Crippen LogP contribution < -0.4 is 15.4 Å². The van der Waals surface area contributed by atoms with Crippen molar-refractivity contribution in [2.75, 3.05) is 22.3 Å². The average Bonchev–Trinajstić information content (AvgIpc) is 2.41. The summed E-state index contributed by atoms with van der Waals surface area (Å²) in [6.45, 7) is 1.60. The molecule has 0 aliphatic rings. The lowest BCUT2D eigenvalue weighted by Gasteiger charge is -2.10. The Labute approximate surface area is 133 Å². The topological polar surface area (TPSA) is 125 Å². The lowest BCUT2D eigenvalue weighted by Crippen LogP contribution is -2.30. The Bertz CT molecular complexity index is 678. The average molecular weight is 347 g/mol. The van der Waals surface area contributed by atoms with Gasteiger partial charge in [0.1, 0.15) is 5.82 Å². The Kier molecular flexibility index (Phi) is 6.76. The molecular formula is C13H18FN3O5S. The van der Waals surface area contributed by atoms with Crippen molar-refractivity contribution in [1.29, 1.82) is 0 Å². The van der Waals surface area contributed by atoms with Crippen LogP contribution >= 0.6 is 0 Å². The van der Waals surface area contributed by atoms with E-state index in [4.69, 9.17) is 5.11 Å². The SMILES string of the molecule is CCCS(=O)(=O)Nc1ccc(NC(=O)NCCC(=O)O)c(F)c1. The van der Waals surface area contributed by atoms with E-state index < -0.39 is 27.8 Å². The number of carbonyl (C=O) groups is 2. The highest BCUT2D eigenvalue weighted by Gasteiger charge is 2.12. The van der Waals surface area contributed by atoms with Gasteiger partial charge in [0.15, 0.2) is 0 Å². The Hall–Kier alpha value is -2.36. The molecule has 1 aromatic carbocycles. The van der Waals surface area contributed by atoms with Crippen LogP contribution in [0.3, 0.4) is 0 Å². The zero-order valence-electron chi connectivity index (χ0n) is 12.4. The van der Waals surface area contributed by atoms with Gasteiger partial charge in [0, 0.05) is 12.6 Å². The van der Waals surface area contributed by atoms with Crippen LogP contribution in [0, 0.1) is 5.82 Å². The van der Waals surface area contributed by atoms with Crippen molar-refractivity contribution in [3.63, 3.8) is 0 Å². The number of hydrogen-bond donors (Lipinski definition) is 4. The normalized spacial score (nSPS) is 10.9. The highest BCUT2D eigenvalue weighted by Crippen LogP contribution is 2.20. The first-order valence-electron chi connectivity index (χ1n) is 6.80. The first-order valence-corrected chi connectivity index (χ1v) is 8.45. The Balaban J connectivity index is 2.66. The largest absolute Gasteiger partial charge is 0.481 e. The number of halogens is 1. The van der Waals surface area contributed by atoms with E-state index in [0.29, 0.717) is 6.42 Å². The summed E-state index contributed by atoms with van der Waals surface area (Å²) in [6.07, 6.45) is 0.169. The van der Waals surface area contributed by atoms with Crippen molar-refractivity contribution in [3.05, 3.63) is 24.0 Å². The van der Waals surface area contributed by atoms with E-state index in [1.807, 2.05) is 0 Å². The summed E-state index contributed by atoms with van der Waals surface area (Å²) < 4.78 is 39.2. The molecule has 0 heterocycles. The van der Waals surface area contributed by atoms with Crippen LogP contribution in [-0.4, -0.2) is 37.8 Å². The van der Waals surface area contributed by atoms with E-state index in [-0.39, 0.29) is 30.1 Å². The van der Waals surface area contributed by atoms with Gasteiger partial charge in [-0.05, 0) is 18.6 Å². The molecule has 0 bridgehead atoms. The molecule has 0 spiro atoms. The number of sulfonamides is 1. The number of carbonyl (C=O) groups excluding carboxylic acids is 1. The molecule has 0 saturated carbocycles. The predicted molar refractivity (Wildman–Crippen MR) is 83.4 cm³/mol. The molecule has 0 aliphatic heterocycles. The molecular weight excluding hydrogens is 329 g/mol. The molecule has 2 amide bonds. The number of amides is 2. The number of carboxylic acids is 1. The predicted octanol–water partition coefficient (Wildman–Crippen LogP) is 1.57. The van der Waals surface area contributed by atoms with Gasteiger partial charge >= 0.3 is 12.0 Å². The number of benzene rings is 1. The van der Waals surface area contributed by atoms with Crippen molar-refractivity contribution in [2.24, 2.45) is 0 Å². The number of hydrogen-bond acceptors (Lipinski definition) is 4. The standard InChI is InChI=1S/C13H18FN3O5S/c1-2-7-23(21,22)17-9-3-4-11(10(14)8-9)16-13(20)15-6-5-12(18)19/h3-4,8,17H,2,5-7H2,1H3,(H,18,19)(H2,15,16,20).